The molecule has 0 atom stereocenters. The SMILES string of the molecule is [C-]#[N+]c1cc(-c2ccc(-n3c4ccccc4c4ccc(-n5c6ccccc6c6ccccc65)cc43)cc2)cc(-n2c3ccccc3c3ccc([N+]#[C-])cc32)c1. The Balaban J connectivity index is 1.07. The minimum absolute atomic E-state index is 0.559. The number of hydrogen-bond donors (Lipinski definition) is 0. The van der Waals surface area contributed by atoms with Gasteiger partial charge in [-0.1, -0.05) is 103 Å². The molecule has 0 bridgehead atoms. The second-order valence-corrected chi connectivity index (χ2v) is 14.0. The number of para-hydroxylation sites is 4. The van der Waals surface area contributed by atoms with Crippen molar-refractivity contribution in [3.05, 3.63) is 199 Å². The van der Waals surface area contributed by atoms with Crippen molar-refractivity contribution < 1.29 is 0 Å². The highest BCUT2D eigenvalue weighted by Crippen LogP contribution is 2.39. The second kappa shape index (κ2) is 11.8. The van der Waals surface area contributed by atoms with Gasteiger partial charge in [0, 0.05) is 54.9 Å². The Hall–Kier alpha value is -7.86. The molecule has 5 nitrogen and oxygen atoms in total. The van der Waals surface area contributed by atoms with Gasteiger partial charge in [-0.15, -0.1) is 0 Å². The molecule has 11 rings (SSSR count). The summed E-state index contributed by atoms with van der Waals surface area (Å²) in [6.45, 7) is 15.7. The molecule has 0 fully saturated rings. The number of aromatic nitrogens is 3. The van der Waals surface area contributed by atoms with Crippen molar-refractivity contribution >= 4 is 76.8 Å². The fourth-order valence-electron chi connectivity index (χ4n) is 8.64. The molecule has 0 saturated heterocycles. The molecule has 0 saturated carbocycles. The molecule has 254 valence electrons. The van der Waals surface area contributed by atoms with Gasteiger partial charge >= 0.3 is 0 Å². The summed E-state index contributed by atoms with van der Waals surface area (Å²) in [6.07, 6.45) is 0. The van der Waals surface area contributed by atoms with Crippen LogP contribution in [0.3, 0.4) is 0 Å². The molecule has 0 amide bonds. The van der Waals surface area contributed by atoms with Crippen molar-refractivity contribution in [3.8, 4) is 28.2 Å². The molecule has 0 aliphatic rings. The summed E-state index contributed by atoms with van der Waals surface area (Å²) in [6, 6.07) is 61.5. The van der Waals surface area contributed by atoms with Crippen LogP contribution in [0.25, 0.3) is 103 Å². The van der Waals surface area contributed by atoms with Gasteiger partial charge in [0.15, 0.2) is 11.4 Å². The molecule has 3 heterocycles. The van der Waals surface area contributed by atoms with Crippen LogP contribution < -0.4 is 0 Å². The number of benzene rings is 8. The summed E-state index contributed by atoms with van der Waals surface area (Å²) in [5.74, 6) is 0. The van der Waals surface area contributed by atoms with Crippen LogP contribution in [0.1, 0.15) is 0 Å². The summed E-state index contributed by atoms with van der Waals surface area (Å²) in [5, 5.41) is 7.08. The molecule has 0 N–H and O–H groups in total. The van der Waals surface area contributed by atoms with E-state index in [1.807, 2.05) is 42.5 Å². The minimum atomic E-state index is 0.559. The Morgan fingerprint density at radius 1 is 0.291 bits per heavy atom. The van der Waals surface area contributed by atoms with Crippen LogP contribution in [0, 0.1) is 13.1 Å². The van der Waals surface area contributed by atoms with E-state index in [-0.39, 0.29) is 0 Å². The van der Waals surface area contributed by atoms with Gasteiger partial charge in [-0.2, -0.15) is 0 Å². The number of nitrogens with zero attached hydrogens (tertiary/aromatic N) is 5. The van der Waals surface area contributed by atoms with E-state index in [2.05, 4.69) is 157 Å². The quantitative estimate of drug-likeness (QED) is 0.163. The van der Waals surface area contributed by atoms with E-state index in [1.165, 1.54) is 32.6 Å². The number of hydrogen-bond acceptors (Lipinski definition) is 0. The molecule has 0 radical (unpaired) electrons. The molecule has 0 aliphatic heterocycles. The first-order chi connectivity index (χ1) is 27.2. The molecule has 0 spiro atoms. The molecule has 8 aromatic carbocycles. The van der Waals surface area contributed by atoms with Crippen LogP contribution in [0.15, 0.2) is 176 Å². The Kier molecular flexibility index (Phi) is 6.61. The summed E-state index contributed by atoms with van der Waals surface area (Å²) in [4.78, 5) is 7.62. The van der Waals surface area contributed by atoms with Crippen LogP contribution in [-0.4, -0.2) is 13.7 Å². The molecule has 5 heteroatoms. The first-order valence-electron chi connectivity index (χ1n) is 18.2. The Morgan fingerprint density at radius 2 is 0.727 bits per heavy atom. The van der Waals surface area contributed by atoms with E-state index >= 15 is 0 Å². The number of rotatable bonds is 4. The van der Waals surface area contributed by atoms with Crippen LogP contribution in [0.2, 0.25) is 0 Å². The van der Waals surface area contributed by atoms with E-state index in [1.54, 1.807) is 0 Å². The predicted octanol–water partition coefficient (Wildman–Crippen LogP) is 13.7. The van der Waals surface area contributed by atoms with Gasteiger partial charge in [-0.05, 0) is 83.9 Å². The van der Waals surface area contributed by atoms with E-state index in [4.69, 9.17) is 13.1 Å². The number of fused-ring (bicyclic) bond motifs is 9. The summed E-state index contributed by atoms with van der Waals surface area (Å²) < 4.78 is 6.91. The van der Waals surface area contributed by atoms with Crippen molar-refractivity contribution in [2.75, 3.05) is 0 Å². The van der Waals surface area contributed by atoms with Gasteiger partial charge in [0.2, 0.25) is 0 Å². The molecular formula is C50H29N5. The third-order valence-corrected chi connectivity index (χ3v) is 11.0. The standard InChI is InChI=1S/C50H29N5/c1-51-34-21-25-43-41-13-6-10-18-48(41)55(49(43)30-34)38-28-33(27-35(29-38)52-2)32-19-22-36(23-20-32)53-45-15-7-5-14-42(45)44-26-24-37(31-50(44)53)54-46-16-8-3-11-39(46)40-12-4-9-17-47(40)54/h3-31H. The lowest BCUT2D eigenvalue weighted by Crippen LogP contribution is -1.97. The first-order valence-corrected chi connectivity index (χ1v) is 18.2. The van der Waals surface area contributed by atoms with Gasteiger partial charge < -0.3 is 13.7 Å². The van der Waals surface area contributed by atoms with Crippen molar-refractivity contribution in [3.63, 3.8) is 0 Å². The zero-order valence-electron chi connectivity index (χ0n) is 29.5. The van der Waals surface area contributed by atoms with Gasteiger partial charge in [0.25, 0.3) is 0 Å². The van der Waals surface area contributed by atoms with E-state index in [9.17, 15) is 0 Å². The Morgan fingerprint density at radius 3 is 1.27 bits per heavy atom. The predicted molar refractivity (Wildman–Crippen MR) is 227 cm³/mol. The van der Waals surface area contributed by atoms with Gasteiger partial charge in [-0.25, -0.2) is 9.69 Å². The molecule has 55 heavy (non-hydrogen) atoms. The summed E-state index contributed by atoms with van der Waals surface area (Å²) in [5.41, 5.74) is 12.8. The molecule has 3 aromatic heterocycles. The smallest absolute Gasteiger partial charge is 0.189 e. The van der Waals surface area contributed by atoms with Crippen molar-refractivity contribution in [1.82, 2.24) is 13.7 Å². The topological polar surface area (TPSA) is 23.5 Å². The second-order valence-electron chi connectivity index (χ2n) is 14.0. The average molecular weight is 700 g/mol. The fourth-order valence-corrected chi connectivity index (χ4v) is 8.64. The minimum Gasteiger partial charge on any atom is -0.312 e. The largest absolute Gasteiger partial charge is 0.312 e. The van der Waals surface area contributed by atoms with Gasteiger partial charge in [0.05, 0.1) is 40.7 Å². The lowest BCUT2D eigenvalue weighted by atomic mass is 10.0. The third-order valence-electron chi connectivity index (χ3n) is 11.0. The molecular weight excluding hydrogens is 671 g/mol. The van der Waals surface area contributed by atoms with Crippen molar-refractivity contribution in [2.45, 2.75) is 0 Å². The Bertz CT molecular complexity index is 3400. The van der Waals surface area contributed by atoms with Crippen LogP contribution in [0.5, 0.6) is 0 Å². The monoisotopic (exact) mass is 699 g/mol. The third kappa shape index (κ3) is 4.58. The highest BCUT2D eigenvalue weighted by molar-refractivity contribution is 6.12. The molecule has 11 aromatic rings. The van der Waals surface area contributed by atoms with Crippen LogP contribution in [-0.2, 0) is 0 Å². The van der Waals surface area contributed by atoms with E-state index in [0.29, 0.717) is 11.4 Å². The van der Waals surface area contributed by atoms with Crippen LogP contribution >= 0.6 is 0 Å². The van der Waals surface area contributed by atoms with Gasteiger partial charge in [0.1, 0.15) is 0 Å². The lowest BCUT2D eigenvalue weighted by Gasteiger charge is -2.13. The molecule has 0 aliphatic carbocycles. The normalized spacial score (nSPS) is 11.6. The zero-order valence-corrected chi connectivity index (χ0v) is 29.5. The maximum Gasteiger partial charge on any atom is 0.189 e. The van der Waals surface area contributed by atoms with Crippen molar-refractivity contribution in [2.24, 2.45) is 0 Å². The zero-order chi connectivity index (χ0) is 36.6. The Labute approximate surface area is 316 Å². The average Bonchev–Trinajstić information content (AvgIpc) is 3.88. The fraction of sp³-hybridized carbons (Fsp3) is 0. The van der Waals surface area contributed by atoms with Crippen molar-refractivity contribution in [1.29, 1.82) is 0 Å². The highest BCUT2D eigenvalue weighted by Gasteiger charge is 2.18. The maximum atomic E-state index is 8.03. The summed E-state index contributed by atoms with van der Waals surface area (Å²) in [7, 11) is 0. The summed E-state index contributed by atoms with van der Waals surface area (Å²) >= 11 is 0. The first kappa shape index (κ1) is 30.7. The van der Waals surface area contributed by atoms with E-state index in [0.717, 1.165) is 61.0 Å². The highest BCUT2D eigenvalue weighted by atomic mass is 15.0. The van der Waals surface area contributed by atoms with Crippen LogP contribution in [0.4, 0.5) is 11.4 Å². The van der Waals surface area contributed by atoms with Gasteiger partial charge in [-0.3, -0.25) is 0 Å². The maximum absolute atomic E-state index is 8.03. The molecule has 0 unspecified atom stereocenters. The lowest BCUT2D eigenvalue weighted by molar-refractivity contribution is 1.15. The van der Waals surface area contributed by atoms with E-state index < -0.39 is 0 Å².